The molecule has 4 unspecified atom stereocenters. The maximum absolute atomic E-state index is 14.1. The molecule has 2 heterocycles. The third kappa shape index (κ3) is 5.69. The van der Waals surface area contributed by atoms with Crippen LogP contribution in [0.4, 0.5) is 0 Å². The Labute approximate surface area is 244 Å². The Balaban J connectivity index is 1.54. The number of halogens is 2. The van der Waals surface area contributed by atoms with Crippen molar-refractivity contribution in [1.82, 2.24) is 15.2 Å². The number of methoxy groups -OCH3 is 1. The number of ether oxygens (including phenoxy) is 1. The zero-order valence-electron chi connectivity index (χ0n) is 22.6. The maximum Gasteiger partial charge on any atom is 0.255 e. The van der Waals surface area contributed by atoms with Crippen molar-refractivity contribution in [2.45, 2.75) is 63.1 Å². The molecule has 0 bridgehead atoms. The first-order valence-corrected chi connectivity index (χ1v) is 14.4. The van der Waals surface area contributed by atoms with Crippen LogP contribution in [-0.2, 0) is 11.2 Å². The number of nitrogens with zero attached hydrogens (tertiary/aromatic N) is 2. The molecule has 9 heteroatoms. The number of fused-ring (bicyclic) bond motifs is 1. The van der Waals surface area contributed by atoms with Gasteiger partial charge in [-0.15, -0.1) is 0 Å². The molecule has 2 N–H and O–H groups in total. The van der Waals surface area contributed by atoms with Crippen molar-refractivity contribution in [2.75, 3.05) is 13.7 Å². The SMILES string of the molecule is COc1cc(CCNC(=O)C2c3ccccc3C(=O)N(C3CCCCC3O)C2c2ccc(Cl)cc2Cl)cc(C)n1. The molecule has 3 aromatic rings. The molecule has 1 aromatic heterocycles. The first-order chi connectivity index (χ1) is 19.3. The Hall–Kier alpha value is -3.13. The number of pyridine rings is 1. The maximum atomic E-state index is 14.1. The fraction of sp³-hybridized carbons (Fsp3) is 0.387. The molecule has 1 aliphatic carbocycles. The van der Waals surface area contributed by atoms with Gasteiger partial charge >= 0.3 is 0 Å². The minimum atomic E-state index is -0.740. The van der Waals surface area contributed by atoms with E-state index in [0.717, 1.165) is 24.1 Å². The first kappa shape index (κ1) is 28.4. The number of rotatable bonds is 7. The Kier molecular flexibility index (Phi) is 8.64. The molecule has 1 saturated carbocycles. The van der Waals surface area contributed by atoms with E-state index in [1.54, 1.807) is 42.3 Å². The smallest absolute Gasteiger partial charge is 0.255 e. The highest BCUT2D eigenvalue weighted by Gasteiger charge is 2.48. The van der Waals surface area contributed by atoms with Crippen LogP contribution in [0.15, 0.2) is 54.6 Å². The summed E-state index contributed by atoms with van der Waals surface area (Å²) in [4.78, 5) is 34.2. The lowest BCUT2D eigenvalue weighted by atomic mass is 9.76. The Morgan fingerprint density at radius 3 is 2.62 bits per heavy atom. The quantitative estimate of drug-likeness (QED) is 0.376. The van der Waals surface area contributed by atoms with Crippen LogP contribution in [0.2, 0.25) is 10.0 Å². The predicted octanol–water partition coefficient (Wildman–Crippen LogP) is 5.65. The highest BCUT2D eigenvalue weighted by molar-refractivity contribution is 6.35. The van der Waals surface area contributed by atoms with Crippen LogP contribution in [0.5, 0.6) is 5.88 Å². The molecule has 0 spiro atoms. The van der Waals surface area contributed by atoms with Gasteiger partial charge in [-0.2, -0.15) is 0 Å². The fourth-order valence-corrected chi connectivity index (χ4v) is 6.60. The predicted molar refractivity (Wildman–Crippen MR) is 155 cm³/mol. The van der Waals surface area contributed by atoms with Crippen LogP contribution < -0.4 is 10.1 Å². The molecule has 1 aliphatic heterocycles. The molecule has 1 fully saturated rings. The largest absolute Gasteiger partial charge is 0.481 e. The second-order valence-electron chi connectivity index (χ2n) is 10.5. The van der Waals surface area contributed by atoms with E-state index in [1.165, 1.54) is 0 Å². The third-order valence-corrected chi connectivity index (χ3v) is 8.47. The number of hydrogen-bond donors (Lipinski definition) is 2. The summed E-state index contributed by atoms with van der Waals surface area (Å²) < 4.78 is 5.29. The van der Waals surface area contributed by atoms with Gasteiger partial charge in [0.15, 0.2) is 0 Å². The van der Waals surface area contributed by atoms with Crippen molar-refractivity contribution in [3.8, 4) is 5.88 Å². The summed E-state index contributed by atoms with van der Waals surface area (Å²) in [6.07, 6.45) is 2.92. The summed E-state index contributed by atoms with van der Waals surface area (Å²) >= 11 is 13.0. The normalized spacial score (nSPS) is 22.5. The van der Waals surface area contributed by atoms with Crippen LogP contribution >= 0.6 is 23.2 Å². The Morgan fingerprint density at radius 2 is 1.88 bits per heavy atom. The number of carbonyl (C=O) groups excluding carboxylic acids is 2. The number of aromatic nitrogens is 1. The third-order valence-electron chi connectivity index (χ3n) is 7.90. The van der Waals surface area contributed by atoms with E-state index in [4.69, 9.17) is 27.9 Å². The Morgan fingerprint density at radius 1 is 1.10 bits per heavy atom. The van der Waals surface area contributed by atoms with Gasteiger partial charge in [-0.05, 0) is 67.1 Å². The number of nitrogens with one attached hydrogen (secondary N) is 1. The zero-order chi connectivity index (χ0) is 28.4. The van der Waals surface area contributed by atoms with Crippen molar-refractivity contribution < 1.29 is 19.4 Å². The lowest BCUT2D eigenvalue weighted by Crippen LogP contribution is -2.55. The summed E-state index contributed by atoms with van der Waals surface area (Å²) in [5, 5.41) is 15.0. The van der Waals surface area contributed by atoms with Crippen molar-refractivity contribution in [3.05, 3.63) is 92.6 Å². The van der Waals surface area contributed by atoms with Gasteiger partial charge < -0.3 is 20.1 Å². The topological polar surface area (TPSA) is 91.8 Å². The van der Waals surface area contributed by atoms with E-state index in [9.17, 15) is 14.7 Å². The summed E-state index contributed by atoms with van der Waals surface area (Å²) in [7, 11) is 1.58. The van der Waals surface area contributed by atoms with Crippen LogP contribution in [-0.4, -0.2) is 52.6 Å². The lowest BCUT2D eigenvalue weighted by molar-refractivity contribution is -0.125. The molecule has 210 valence electrons. The molecule has 4 atom stereocenters. The molecule has 2 amide bonds. The van der Waals surface area contributed by atoms with E-state index < -0.39 is 24.1 Å². The second-order valence-corrected chi connectivity index (χ2v) is 11.4. The second kappa shape index (κ2) is 12.2. The van der Waals surface area contributed by atoms with Crippen LogP contribution in [0.25, 0.3) is 0 Å². The van der Waals surface area contributed by atoms with E-state index in [1.807, 2.05) is 31.2 Å². The molecule has 7 nitrogen and oxygen atoms in total. The molecule has 2 aliphatic rings. The van der Waals surface area contributed by atoms with E-state index >= 15 is 0 Å². The summed E-state index contributed by atoms with van der Waals surface area (Å²) in [5.41, 5.74) is 3.56. The zero-order valence-corrected chi connectivity index (χ0v) is 24.1. The van der Waals surface area contributed by atoms with Gasteiger partial charge in [-0.3, -0.25) is 9.59 Å². The Bertz CT molecular complexity index is 1420. The lowest BCUT2D eigenvalue weighted by Gasteiger charge is -2.48. The number of benzene rings is 2. The van der Waals surface area contributed by atoms with Crippen molar-refractivity contribution >= 4 is 35.0 Å². The van der Waals surface area contributed by atoms with Gasteiger partial charge in [0.05, 0.1) is 31.2 Å². The molecule has 0 radical (unpaired) electrons. The minimum absolute atomic E-state index is 0.207. The minimum Gasteiger partial charge on any atom is -0.481 e. The van der Waals surface area contributed by atoms with E-state index in [0.29, 0.717) is 58.4 Å². The van der Waals surface area contributed by atoms with Crippen molar-refractivity contribution in [2.24, 2.45) is 0 Å². The number of hydrogen-bond acceptors (Lipinski definition) is 5. The summed E-state index contributed by atoms with van der Waals surface area (Å²) in [5.74, 6) is -0.638. The van der Waals surface area contributed by atoms with Gasteiger partial charge in [-0.25, -0.2) is 4.98 Å². The number of amides is 2. The highest BCUT2D eigenvalue weighted by atomic mass is 35.5. The monoisotopic (exact) mass is 581 g/mol. The number of carbonyl (C=O) groups is 2. The molecule has 0 saturated heterocycles. The fourth-order valence-electron chi connectivity index (χ4n) is 6.08. The van der Waals surface area contributed by atoms with Gasteiger partial charge in [0.1, 0.15) is 0 Å². The average Bonchev–Trinajstić information content (AvgIpc) is 2.93. The summed E-state index contributed by atoms with van der Waals surface area (Å²) in [6, 6.07) is 15.0. The van der Waals surface area contributed by atoms with Crippen molar-refractivity contribution in [3.63, 3.8) is 0 Å². The molecule has 40 heavy (non-hydrogen) atoms. The van der Waals surface area contributed by atoms with Crippen LogP contribution in [0.3, 0.4) is 0 Å². The van der Waals surface area contributed by atoms with Gasteiger partial charge in [0.25, 0.3) is 5.91 Å². The standard InChI is InChI=1S/C31H33Cl2N3O4/c1-18-15-19(16-27(35-18)40-2)13-14-34-30(38)28-21-7-3-4-8-22(21)31(39)36(25-9-5-6-10-26(25)37)29(28)23-12-11-20(32)17-24(23)33/h3-4,7-8,11-12,15-17,25-26,28-29,37H,5-6,9-10,13-14H2,1-2H3,(H,34,38). The summed E-state index contributed by atoms with van der Waals surface area (Å²) in [6.45, 7) is 2.28. The van der Waals surface area contributed by atoms with Gasteiger partial charge in [0.2, 0.25) is 11.8 Å². The number of aliphatic hydroxyl groups is 1. The molecule has 5 rings (SSSR count). The van der Waals surface area contributed by atoms with E-state index in [-0.39, 0.29) is 11.8 Å². The molecular formula is C31H33Cl2N3O4. The van der Waals surface area contributed by atoms with E-state index in [2.05, 4.69) is 10.3 Å². The van der Waals surface area contributed by atoms with Crippen LogP contribution in [0, 0.1) is 6.92 Å². The highest BCUT2D eigenvalue weighted by Crippen LogP contribution is 2.47. The van der Waals surface area contributed by atoms with Gasteiger partial charge in [0, 0.05) is 33.9 Å². The molecular weight excluding hydrogens is 549 g/mol. The first-order valence-electron chi connectivity index (χ1n) is 13.6. The number of aliphatic hydroxyl groups excluding tert-OH is 1. The molecule has 2 aromatic carbocycles. The number of aryl methyl sites for hydroxylation is 1. The van der Waals surface area contributed by atoms with Crippen LogP contribution in [0.1, 0.15) is 70.4 Å². The van der Waals surface area contributed by atoms with Crippen molar-refractivity contribution in [1.29, 1.82) is 0 Å². The average molecular weight is 583 g/mol. The van der Waals surface area contributed by atoms with Gasteiger partial charge in [-0.1, -0.05) is 60.3 Å².